The van der Waals surface area contributed by atoms with Crippen LogP contribution in [0.5, 0.6) is 5.75 Å². The predicted molar refractivity (Wildman–Crippen MR) is 73.1 cm³/mol. The van der Waals surface area contributed by atoms with Gasteiger partial charge in [0, 0.05) is 25.2 Å². The summed E-state index contributed by atoms with van der Waals surface area (Å²) in [5, 5.41) is 4.13. The average Bonchev–Trinajstić information content (AvgIpc) is 2.77. The minimum atomic E-state index is 0.476. The van der Waals surface area contributed by atoms with Crippen molar-refractivity contribution in [1.29, 1.82) is 0 Å². The van der Waals surface area contributed by atoms with Crippen molar-refractivity contribution in [3.8, 4) is 5.75 Å². The van der Waals surface area contributed by atoms with E-state index in [1.807, 2.05) is 44.6 Å². The van der Waals surface area contributed by atoms with E-state index >= 15 is 0 Å². The molecule has 0 atom stereocenters. The second-order valence-corrected chi connectivity index (χ2v) is 4.58. The number of alkyl halides is 1. The van der Waals surface area contributed by atoms with Gasteiger partial charge in [-0.15, -0.1) is 11.6 Å². The van der Waals surface area contributed by atoms with Crippen LogP contribution >= 0.6 is 11.6 Å². The Balaban J connectivity index is 1.98. The molecule has 0 radical (unpaired) electrons. The van der Waals surface area contributed by atoms with Crippen LogP contribution in [-0.2, 0) is 19.3 Å². The first-order valence-electron chi connectivity index (χ1n) is 5.95. The van der Waals surface area contributed by atoms with Crippen molar-refractivity contribution in [2.75, 3.05) is 6.61 Å². The number of hydrogen-bond acceptors (Lipinski definition) is 2. The summed E-state index contributed by atoms with van der Waals surface area (Å²) >= 11 is 5.91. The first-order chi connectivity index (χ1) is 8.70. The van der Waals surface area contributed by atoms with E-state index in [4.69, 9.17) is 16.3 Å². The third-order valence-corrected chi connectivity index (χ3v) is 3.12. The molecule has 0 amide bonds. The summed E-state index contributed by atoms with van der Waals surface area (Å²) < 4.78 is 7.65. The van der Waals surface area contributed by atoms with Crippen LogP contribution in [0.15, 0.2) is 30.6 Å². The van der Waals surface area contributed by atoms with Crippen LogP contribution in [0.3, 0.4) is 0 Å². The lowest BCUT2D eigenvalue weighted by atomic mass is 10.1. The standard InChI is InChI=1S/C14H17ClN2O/c1-11-4-3-5-13(8-15)14(11)18-7-6-12-9-16-17(2)10-12/h3-5,9-10H,6-8H2,1-2H3. The van der Waals surface area contributed by atoms with Crippen molar-refractivity contribution in [1.82, 2.24) is 9.78 Å². The van der Waals surface area contributed by atoms with E-state index in [2.05, 4.69) is 5.10 Å². The van der Waals surface area contributed by atoms with E-state index in [1.54, 1.807) is 4.68 Å². The first-order valence-corrected chi connectivity index (χ1v) is 6.49. The molecule has 0 fully saturated rings. The van der Waals surface area contributed by atoms with Crippen molar-refractivity contribution in [3.05, 3.63) is 47.3 Å². The van der Waals surface area contributed by atoms with Crippen LogP contribution in [0.2, 0.25) is 0 Å². The van der Waals surface area contributed by atoms with Gasteiger partial charge in [-0.05, 0) is 18.1 Å². The van der Waals surface area contributed by atoms with E-state index in [9.17, 15) is 0 Å². The summed E-state index contributed by atoms with van der Waals surface area (Å²) in [5.74, 6) is 1.39. The molecule has 18 heavy (non-hydrogen) atoms. The maximum Gasteiger partial charge on any atom is 0.126 e. The van der Waals surface area contributed by atoms with Gasteiger partial charge < -0.3 is 4.74 Å². The normalized spacial score (nSPS) is 10.6. The molecule has 96 valence electrons. The number of para-hydroxylation sites is 1. The van der Waals surface area contributed by atoms with Crippen LogP contribution in [-0.4, -0.2) is 16.4 Å². The lowest BCUT2D eigenvalue weighted by molar-refractivity contribution is 0.317. The van der Waals surface area contributed by atoms with Gasteiger partial charge in [0.05, 0.1) is 18.7 Å². The lowest BCUT2D eigenvalue weighted by Crippen LogP contribution is -2.04. The van der Waals surface area contributed by atoms with Crippen LogP contribution < -0.4 is 4.74 Å². The predicted octanol–water partition coefficient (Wildman–Crippen LogP) is 3.09. The molecule has 0 aliphatic heterocycles. The second kappa shape index (κ2) is 5.91. The van der Waals surface area contributed by atoms with Crippen LogP contribution in [0.1, 0.15) is 16.7 Å². The number of rotatable bonds is 5. The quantitative estimate of drug-likeness (QED) is 0.776. The minimum Gasteiger partial charge on any atom is -0.493 e. The van der Waals surface area contributed by atoms with Crippen LogP contribution in [0, 0.1) is 6.92 Å². The highest BCUT2D eigenvalue weighted by atomic mass is 35.5. The Kier molecular flexibility index (Phi) is 4.26. The summed E-state index contributed by atoms with van der Waals surface area (Å²) in [6.07, 6.45) is 4.72. The smallest absolute Gasteiger partial charge is 0.126 e. The fourth-order valence-corrected chi connectivity index (χ4v) is 2.11. The Morgan fingerprint density at radius 1 is 1.39 bits per heavy atom. The number of ether oxygens (including phenoxy) is 1. The van der Waals surface area contributed by atoms with Gasteiger partial charge in [-0.1, -0.05) is 18.2 Å². The number of aryl methyl sites for hydroxylation is 2. The monoisotopic (exact) mass is 264 g/mol. The molecule has 2 aromatic rings. The Hall–Kier alpha value is -1.48. The average molecular weight is 265 g/mol. The van der Waals surface area contributed by atoms with Gasteiger partial charge in [0.15, 0.2) is 0 Å². The van der Waals surface area contributed by atoms with Crippen molar-refractivity contribution < 1.29 is 4.74 Å². The van der Waals surface area contributed by atoms with Crippen molar-refractivity contribution in [3.63, 3.8) is 0 Å². The van der Waals surface area contributed by atoms with Gasteiger partial charge in [-0.25, -0.2) is 0 Å². The van der Waals surface area contributed by atoms with Gasteiger partial charge in [0.1, 0.15) is 5.75 Å². The fraction of sp³-hybridized carbons (Fsp3) is 0.357. The van der Waals surface area contributed by atoms with E-state index < -0.39 is 0 Å². The Bertz CT molecular complexity index is 522. The fourth-order valence-electron chi connectivity index (χ4n) is 1.90. The molecule has 0 N–H and O–H groups in total. The third-order valence-electron chi connectivity index (χ3n) is 2.83. The molecule has 0 spiro atoms. The Morgan fingerprint density at radius 2 is 2.22 bits per heavy atom. The van der Waals surface area contributed by atoms with E-state index in [1.165, 1.54) is 5.56 Å². The zero-order chi connectivity index (χ0) is 13.0. The van der Waals surface area contributed by atoms with E-state index in [-0.39, 0.29) is 0 Å². The topological polar surface area (TPSA) is 27.1 Å². The maximum absolute atomic E-state index is 5.91. The lowest BCUT2D eigenvalue weighted by Gasteiger charge is -2.12. The molecule has 0 aliphatic rings. The summed E-state index contributed by atoms with van der Waals surface area (Å²) in [6, 6.07) is 6.04. The van der Waals surface area contributed by atoms with Crippen LogP contribution in [0.4, 0.5) is 0 Å². The molecule has 1 heterocycles. The molecule has 1 aromatic carbocycles. The highest BCUT2D eigenvalue weighted by Gasteiger charge is 2.06. The van der Waals surface area contributed by atoms with E-state index in [0.29, 0.717) is 12.5 Å². The largest absolute Gasteiger partial charge is 0.493 e. The van der Waals surface area contributed by atoms with Gasteiger partial charge in [0.2, 0.25) is 0 Å². The number of hydrogen-bond donors (Lipinski definition) is 0. The summed E-state index contributed by atoms with van der Waals surface area (Å²) in [4.78, 5) is 0. The minimum absolute atomic E-state index is 0.476. The summed E-state index contributed by atoms with van der Waals surface area (Å²) in [7, 11) is 1.91. The van der Waals surface area contributed by atoms with Gasteiger partial charge >= 0.3 is 0 Å². The number of halogens is 1. The van der Waals surface area contributed by atoms with Crippen molar-refractivity contribution >= 4 is 11.6 Å². The zero-order valence-electron chi connectivity index (χ0n) is 10.7. The molecule has 1 aromatic heterocycles. The summed E-state index contributed by atoms with van der Waals surface area (Å²) in [6.45, 7) is 2.68. The number of aromatic nitrogens is 2. The molecule has 0 aliphatic carbocycles. The maximum atomic E-state index is 5.91. The molecule has 0 bridgehead atoms. The SMILES string of the molecule is Cc1cccc(CCl)c1OCCc1cnn(C)c1. The van der Waals surface area contributed by atoms with Crippen molar-refractivity contribution in [2.24, 2.45) is 7.05 Å². The number of benzene rings is 1. The molecule has 0 saturated heterocycles. The molecular weight excluding hydrogens is 248 g/mol. The highest BCUT2D eigenvalue weighted by molar-refractivity contribution is 6.17. The molecular formula is C14H17ClN2O. The number of nitrogens with zero attached hydrogens (tertiary/aromatic N) is 2. The molecule has 0 unspecified atom stereocenters. The molecule has 4 heteroatoms. The Labute approximate surface area is 112 Å². The van der Waals surface area contributed by atoms with Gasteiger partial charge in [-0.2, -0.15) is 5.10 Å². The molecule has 3 nitrogen and oxygen atoms in total. The van der Waals surface area contributed by atoms with Crippen LogP contribution in [0.25, 0.3) is 0 Å². The second-order valence-electron chi connectivity index (χ2n) is 4.32. The zero-order valence-corrected chi connectivity index (χ0v) is 11.4. The van der Waals surface area contributed by atoms with E-state index in [0.717, 1.165) is 23.3 Å². The highest BCUT2D eigenvalue weighted by Crippen LogP contribution is 2.24. The van der Waals surface area contributed by atoms with Gasteiger partial charge in [0.25, 0.3) is 0 Å². The Morgan fingerprint density at radius 3 is 2.89 bits per heavy atom. The van der Waals surface area contributed by atoms with Gasteiger partial charge in [-0.3, -0.25) is 4.68 Å². The first kappa shape index (κ1) is 13.0. The molecule has 2 rings (SSSR count). The summed E-state index contributed by atoms with van der Waals surface area (Å²) in [5.41, 5.74) is 3.35. The van der Waals surface area contributed by atoms with Crippen molar-refractivity contribution in [2.45, 2.75) is 19.2 Å². The third kappa shape index (κ3) is 3.05. The molecule has 0 saturated carbocycles.